The average molecular weight is 252 g/mol. The maximum absolute atomic E-state index is 4.56. The zero-order valence-corrected chi connectivity index (χ0v) is 11.8. The van der Waals surface area contributed by atoms with Gasteiger partial charge < -0.3 is 4.90 Å². The quantitative estimate of drug-likeness (QED) is 0.821. The van der Waals surface area contributed by atoms with E-state index < -0.39 is 0 Å². The molecule has 0 aliphatic carbocycles. The van der Waals surface area contributed by atoms with E-state index in [9.17, 15) is 0 Å². The van der Waals surface area contributed by atoms with Gasteiger partial charge in [0.1, 0.15) is 0 Å². The van der Waals surface area contributed by atoms with Crippen LogP contribution >= 0.6 is 0 Å². The van der Waals surface area contributed by atoms with Crippen LogP contribution in [0.2, 0.25) is 0 Å². The van der Waals surface area contributed by atoms with Crippen LogP contribution in [0.4, 0.5) is 5.69 Å². The van der Waals surface area contributed by atoms with Crippen molar-refractivity contribution in [2.75, 3.05) is 19.0 Å². The number of rotatable bonds is 4. The van der Waals surface area contributed by atoms with E-state index in [1.807, 2.05) is 20.2 Å². The molecule has 1 aromatic heterocycles. The maximum atomic E-state index is 4.56. The Morgan fingerprint density at radius 2 is 1.74 bits per heavy atom. The molecule has 98 valence electrons. The molecule has 0 saturated carbocycles. The van der Waals surface area contributed by atoms with Crippen molar-refractivity contribution in [2.45, 2.75) is 13.3 Å². The predicted octanol–water partition coefficient (Wildman–Crippen LogP) is 3.88. The molecule has 0 aliphatic rings. The maximum Gasteiger partial charge on any atom is 0.0633 e. The van der Waals surface area contributed by atoms with E-state index in [-0.39, 0.29) is 0 Å². The largest absolute Gasteiger partial charge is 0.378 e. The van der Waals surface area contributed by atoms with Gasteiger partial charge >= 0.3 is 0 Å². The van der Waals surface area contributed by atoms with Gasteiger partial charge in [0.05, 0.1) is 5.69 Å². The van der Waals surface area contributed by atoms with Crippen molar-refractivity contribution in [3.05, 3.63) is 59.4 Å². The molecule has 1 heterocycles. The zero-order chi connectivity index (χ0) is 13.7. The van der Waals surface area contributed by atoms with Crippen molar-refractivity contribution in [3.63, 3.8) is 0 Å². The van der Waals surface area contributed by atoms with Gasteiger partial charge in [0.2, 0.25) is 0 Å². The van der Waals surface area contributed by atoms with Gasteiger partial charge in [0, 0.05) is 25.5 Å². The van der Waals surface area contributed by atoms with E-state index >= 15 is 0 Å². The number of pyridine rings is 1. The van der Waals surface area contributed by atoms with Gasteiger partial charge in [-0.3, -0.25) is 4.98 Å². The molecule has 2 heteroatoms. The summed E-state index contributed by atoms with van der Waals surface area (Å²) in [5.74, 6) is 0. The fourth-order valence-corrected chi connectivity index (χ4v) is 1.85. The molecule has 0 saturated heterocycles. The second-order valence-electron chi connectivity index (χ2n) is 4.73. The molecule has 0 radical (unpaired) electrons. The molecule has 0 bridgehead atoms. The highest BCUT2D eigenvalue weighted by Gasteiger charge is 1.95. The third-order valence-electron chi connectivity index (χ3n) is 3.05. The van der Waals surface area contributed by atoms with E-state index in [4.69, 9.17) is 0 Å². The Bertz CT molecular complexity index is 554. The predicted molar refractivity (Wildman–Crippen MR) is 83.3 cm³/mol. The molecule has 0 aliphatic heterocycles. The fourth-order valence-electron chi connectivity index (χ4n) is 1.85. The van der Waals surface area contributed by atoms with E-state index in [1.165, 1.54) is 11.3 Å². The number of anilines is 1. The van der Waals surface area contributed by atoms with Crippen molar-refractivity contribution in [2.24, 2.45) is 0 Å². The normalized spacial score (nSPS) is 10.9. The van der Waals surface area contributed by atoms with Gasteiger partial charge in [-0.1, -0.05) is 31.2 Å². The minimum Gasteiger partial charge on any atom is -0.378 e. The van der Waals surface area contributed by atoms with Gasteiger partial charge in [-0.05, 0) is 42.3 Å². The number of aromatic nitrogens is 1. The topological polar surface area (TPSA) is 16.1 Å². The summed E-state index contributed by atoms with van der Waals surface area (Å²) < 4.78 is 0. The van der Waals surface area contributed by atoms with Crippen molar-refractivity contribution < 1.29 is 0 Å². The first-order chi connectivity index (χ1) is 9.19. The molecule has 0 unspecified atom stereocenters. The molecule has 2 aromatic rings. The summed E-state index contributed by atoms with van der Waals surface area (Å²) in [6.45, 7) is 2.12. The summed E-state index contributed by atoms with van der Waals surface area (Å²) >= 11 is 0. The summed E-state index contributed by atoms with van der Waals surface area (Å²) in [5, 5.41) is 0. The summed E-state index contributed by atoms with van der Waals surface area (Å²) in [6.07, 6.45) is 5.13. The van der Waals surface area contributed by atoms with Crippen LogP contribution in [0, 0.1) is 0 Å². The smallest absolute Gasteiger partial charge is 0.0633 e. The molecule has 0 fully saturated rings. The fraction of sp³-hybridized carbons (Fsp3) is 0.235. The molecular weight excluding hydrogens is 232 g/mol. The molecule has 0 amide bonds. The molecule has 2 rings (SSSR count). The lowest BCUT2D eigenvalue weighted by Crippen LogP contribution is -2.07. The summed E-state index contributed by atoms with van der Waals surface area (Å²) in [6, 6.07) is 14.6. The van der Waals surface area contributed by atoms with Crippen LogP contribution in [0.3, 0.4) is 0 Å². The van der Waals surface area contributed by atoms with Crippen LogP contribution in [0.25, 0.3) is 12.2 Å². The summed E-state index contributed by atoms with van der Waals surface area (Å²) in [5.41, 5.74) is 4.54. The highest BCUT2D eigenvalue weighted by molar-refractivity contribution is 5.69. The number of nitrogens with zero attached hydrogens (tertiary/aromatic N) is 2. The highest BCUT2D eigenvalue weighted by atomic mass is 15.1. The van der Waals surface area contributed by atoms with Gasteiger partial charge in [-0.15, -0.1) is 0 Å². The molecular formula is C17H20N2. The van der Waals surface area contributed by atoms with Crippen LogP contribution < -0.4 is 4.90 Å². The molecule has 19 heavy (non-hydrogen) atoms. The first-order valence-electron chi connectivity index (χ1n) is 6.60. The number of aryl methyl sites for hydroxylation is 1. The summed E-state index contributed by atoms with van der Waals surface area (Å²) in [4.78, 5) is 6.65. The van der Waals surface area contributed by atoms with E-state index in [0.717, 1.165) is 17.8 Å². The van der Waals surface area contributed by atoms with Gasteiger partial charge in [-0.2, -0.15) is 0 Å². The minimum absolute atomic E-state index is 0.971. The number of hydrogen-bond acceptors (Lipinski definition) is 2. The molecule has 0 N–H and O–H groups in total. The Morgan fingerprint density at radius 1 is 1.00 bits per heavy atom. The van der Waals surface area contributed by atoms with Crippen LogP contribution in [-0.2, 0) is 6.42 Å². The molecule has 1 aromatic carbocycles. The Morgan fingerprint density at radius 3 is 2.37 bits per heavy atom. The Labute approximate surface area is 115 Å². The summed E-state index contributed by atoms with van der Waals surface area (Å²) in [7, 11) is 4.09. The lowest BCUT2D eigenvalue weighted by atomic mass is 10.1. The molecule has 0 spiro atoms. The number of benzene rings is 1. The van der Waals surface area contributed by atoms with Crippen molar-refractivity contribution in [3.8, 4) is 0 Å². The molecule has 2 nitrogen and oxygen atoms in total. The second kappa shape index (κ2) is 6.19. The zero-order valence-electron chi connectivity index (χ0n) is 11.8. The van der Waals surface area contributed by atoms with E-state index in [0.29, 0.717) is 0 Å². The standard InChI is InChI=1S/C17H20N2/c1-4-15-6-5-7-16(18-15)11-8-14-9-12-17(13-10-14)19(2)3/h5-13H,4H2,1-3H3. The van der Waals surface area contributed by atoms with Gasteiger partial charge in [-0.25, -0.2) is 0 Å². The lowest BCUT2D eigenvalue weighted by molar-refractivity contribution is 1.03. The van der Waals surface area contributed by atoms with E-state index in [1.54, 1.807) is 0 Å². The Kier molecular flexibility index (Phi) is 4.35. The second-order valence-corrected chi connectivity index (χ2v) is 4.73. The van der Waals surface area contributed by atoms with Gasteiger partial charge in [0.15, 0.2) is 0 Å². The first kappa shape index (κ1) is 13.3. The van der Waals surface area contributed by atoms with Crippen LogP contribution in [0.5, 0.6) is 0 Å². The first-order valence-corrected chi connectivity index (χ1v) is 6.60. The van der Waals surface area contributed by atoms with E-state index in [2.05, 4.69) is 65.4 Å². The third-order valence-corrected chi connectivity index (χ3v) is 3.05. The monoisotopic (exact) mass is 252 g/mol. The third kappa shape index (κ3) is 3.68. The lowest BCUT2D eigenvalue weighted by Gasteiger charge is -2.11. The highest BCUT2D eigenvalue weighted by Crippen LogP contribution is 2.14. The average Bonchev–Trinajstić information content (AvgIpc) is 2.46. The van der Waals surface area contributed by atoms with Crippen molar-refractivity contribution in [1.29, 1.82) is 0 Å². The molecule has 0 atom stereocenters. The Balaban J connectivity index is 2.13. The van der Waals surface area contributed by atoms with Crippen LogP contribution in [0.1, 0.15) is 23.9 Å². The van der Waals surface area contributed by atoms with Gasteiger partial charge in [0.25, 0.3) is 0 Å². The van der Waals surface area contributed by atoms with Crippen LogP contribution in [-0.4, -0.2) is 19.1 Å². The van der Waals surface area contributed by atoms with Crippen molar-refractivity contribution >= 4 is 17.8 Å². The van der Waals surface area contributed by atoms with Crippen molar-refractivity contribution in [1.82, 2.24) is 4.98 Å². The Hall–Kier alpha value is -2.09. The van der Waals surface area contributed by atoms with Crippen LogP contribution in [0.15, 0.2) is 42.5 Å². The minimum atomic E-state index is 0.971. The SMILES string of the molecule is CCc1cccc(C=Cc2ccc(N(C)C)cc2)n1. The number of hydrogen-bond donors (Lipinski definition) is 0.